The van der Waals surface area contributed by atoms with Crippen LogP contribution in [0.3, 0.4) is 0 Å². The van der Waals surface area contributed by atoms with Gasteiger partial charge in [-0.25, -0.2) is 0 Å². The highest BCUT2D eigenvalue weighted by Gasteiger charge is 2.44. The van der Waals surface area contributed by atoms with Crippen molar-refractivity contribution in [1.29, 1.82) is 0 Å². The number of nitrogens with zero attached hydrogens (tertiary/aromatic N) is 2. The van der Waals surface area contributed by atoms with Crippen molar-refractivity contribution < 1.29 is 0 Å². The highest BCUT2D eigenvalue weighted by molar-refractivity contribution is 5.98. The van der Waals surface area contributed by atoms with Gasteiger partial charge in [-0.1, -0.05) is 0 Å². The Morgan fingerprint density at radius 2 is 2.31 bits per heavy atom. The molecule has 13 heavy (non-hydrogen) atoms. The molecule has 1 aliphatic carbocycles. The maximum atomic E-state index is 5.63. The minimum atomic E-state index is -0.291. The van der Waals surface area contributed by atoms with Crippen LogP contribution in [0.2, 0.25) is 0 Å². The third kappa shape index (κ3) is 0.836. The molecular weight excluding hydrogens is 164 g/mol. The minimum absolute atomic E-state index is 0.0754. The lowest BCUT2D eigenvalue weighted by Gasteiger charge is -2.37. The van der Waals surface area contributed by atoms with Crippen molar-refractivity contribution in [3.63, 3.8) is 0 Å². The molecule has 3 rings (SSSR count). The van der Waals surface area contributed by atoms with Crippen LogP contribution in [-0.2, 0) is 0 Å². The van der Waals surface area contributed by atoms with Crippen molar-refractivity contribution in [2.75, 3.05) is 0 Å². The van der Waals surface area contributed by atoms with E-state index in [0.717, 1.165) is 18.5 Å². The van der Waals surface area contributed by atoms with E-state index in [1.807, 2.05) is 12.4 Å². The van der Waals surface area contributed by atoms with Crippen LogP contribution in [0.4, 0.5) is 0 Å². The molecule has 0 aromatic rings. The molecule has 1 fully saturated rings. The first kappa shape index (κ1) is 7.26. The molecule has 1 atom stereocenters. The van der Waals surface area contributed by atoms with Gasteiger partial charge in [-0.2, -0.15) is 0 Å². The molecule has 0 bridgehead atoms. The zero-order chi connectivity index (χ0) is 8.89. The monoisotopic (exact) mass is 176 g/mol. The Balaban J connectivity index is 2.00. The highest BCUT2D eigenvalue weighted by Crippen LogP contribution is 2.44. The Morgan fingerprint density at radius 1 is 1.46 bits per heavy atom. The van der Waals surface area contributed by atoms with Crippen LogP contribution in [0.15, 0.2) is 21.3 Å². The number of allylic oxidation sites excluding steroid dienone is 1. The standard InChI is InChI=1S/C9H12N4/c10-8-11-4-6-7(13-8)5-12-9(6)2-1-3-9/h4-5,8,13H,1-3,10H2. The summed E-state index contributed by atoms with van der Waals surface area (Å²) in [5, 5.41) is 3.11. The fourth-order valence-corrected chi connectivity index (χ4v) is 2.14. The molecule has 0 aromatic carbocycles. The van der Waals surface area contributed by atoms with Crippen LogP contribution in [-0.4, -0.2) is 24.3 Å². The lowest BCUT2D eigenvalue weighted by atomic mass is 9.72. The summed E-state index contributed by atoms with van der Waals surface area (Å²) < 4.78 is 0. The lowest BCUT2D eigenvalue weighted by Crippen LogP contribution is -2.42. The number of fused-ring (bicyclic) bond motifs is 1. The molecule has 3 aliphatic rings. The third-order valence-electron chi connectivity index (χ3n) is 3.08. The quantitative estimate of drug-likeness (QED) is 0.552. The number of rotatable bonds is 0. The number of hydrogen-bond donors (Lipinski definition) is 2. The predicted octanol–water partition coefficient (Wildman–Crippen LogP) is 0.164. The normalized spacial score (nSPS) is 33.2. The van der Waals surface area contributed by atoms with E-state index in [0.29, 0.717) is 0 Å². The van der Waals surface area contributed by atoms with Crippen LogP contribution in [0.5, 0.6) is 0 Å². The molecule has 2 heterocycles. The topological polar surface area (TPSA) is 62.8 Å². The van der Waals surface area contributed by atoms with Gasteiger partial charge in [0.1, 0.15) is 0 Å². The zero-order valence-electron chi connectivity index (χ0n) is 7.33. The molecule has 0 amide bonds. The van der Waals surface area contributed by atoms with Gasteiger partial charge in [0, 0.05) is 18.0 Å². The molecule has 4 heteroatoms. The first-order valence-electron chi connectivity index (χ1n) is 4.65. The van der Waals surface area contributed by atoms with Crippen LogP contribution in [0.1, 0.15) is 19.3 Å². The van der Waals surface area contributed by atoms with Crippen molar-refractivity contribution in [3.8, 4) is 0 Å². The number of aliphatic imine (C=N–C) groups is 2. The zero-order valence-corrected chi connectivity index (χ0v) is 7.33. The SMILES string of the molecule is NC1N=CC2=C(C=NC23CCC3)N1. The number of nitrogens with two attached hydrogens (primary N) is 1. The molecule has 68 valence electrons. The Bertz CT molecular complexity index is 336. The second-order valence-electron chi connectivity index (χ2n) is 3.84. The van der Waals surface area contributed by atoms with Crippen molar-refractivity contribution in [1.82, 2.24) is 5.32 Å². The van der Waals surface area contributed by atoms with Gasteiger partial charge in [-0.3, -0.25) is 15.7 Å². The van der Waals surface area contributed by atoms with E-state index in [2.05, 4.69) is 15.3 Å². The van der Waals surface area contributed by atoms with E-state index >= 15 is 0 Å². The van der Waals surface area contributed by atoms with Gasteiger partial charge in [-0.05, 0) is 19.3 Å². The molecule has 2 aliphatic heterocycles. The molecule has 1 spiro atoms. The van der Waals surface area contributed by atoms with Gasteiger partial charge in [0.2, 0.25) is 0 Å². The molecule has 4 nitrogen and oxygen atoms in total. The van der Waals surface area contributed by atoms with Gasteiger partial charge in [-0.15, -0.1) is 0 Å². The van der Waals surface area contributed by atoms with E-state index in [1.54, 1.807) is 0 Å². The van der Waals surface area contributed by atoms with Crippen molar-refractivity contribution in [3.05, 3.63) is 11.3 Å². The Labute approximate surface area is 76.6 Å². The summed E-state index contributed by atoms with van der Waals surface area (Å²) in [7, 11) is 0. The van der Waals surface area contributed by atoms with Crippen LogP contribution in [0.25, 0.3) is 0 Å². The summed E-state index contributed by atoms with van der Waals surface area (Å²) >= 11 is 0. The van der Waals surface area contributed by atoms with E-state index in [9.17, 15) is 0 Å². The molecule has 0 saturated heterocycles. The molecule has 1 unspecified atom stereocenters. The summed E-state index contributed by atoms with van der Waals surface area (Å²) in [4.78, 5) is 8.70. The Morgan fingerprint density at radius 3 is 3.00 bits per heavy atom. The third-order valence-corrected chi connectivity index (χ3v) is 3.08. The Kier molecular flexibility index (Phi) is 1.23. The molecular formula is C9H12N4. The fourth-order valence-electron chi connectivity index (χ4n) is 2.14. The molecule has 1 saturated carbocycles. The van der Waals surface area contributed by atoms with Gasteiger partial charge >= 0.3 is 0 Å². The highest BCUT2D eigenvalue weighted by atomic mass is 15.2. The van der Waals surface area contributed by atoms with E-state index < -0.39 is 0 Å². The van der Waals surface area contributed by atoms with Gasteiger partial charge in [0.15, 0.2) is 6.29 Å². The Hall–Kier alpha value is -1.16. The first-order valence-corrected chi connectivity index (χ1v) is 4.65. The maximum Gasteiger partial charge on any atom is 0.171 e. The number of nitrogens with one attached hydrogen (secondary N) is 1. The summed E-state index contributed by atoms with van der Waals surface area (Å²) in [5.41, 5.74) is 8.02. The second kappa shape index (κ2) is 2.20. The van der Waals surface area contributed by atoms with E-state index in [4.69, 9.17) is 5.73 Å². The predicted molar refractivity (Wildman–Crippen MR) is 51.7 cm³/mol. The van der Waals surface area contributed by atoms with Crippen molar-refractivity contribution in [2.45, 2.75) is 31.1 Å². The molecule has 0 radical (unpaired) electrons. The first-order chi connectivity index (χ1) is 6.30. The second-order valence-corrected chi connectivity index (χ2v) is 3.84. The van der Waals surface area contributed by atoms with E-state index in [-0.39, 0.29) is 11.8 Å². The summed E-state index contributed by atoms with van der Waals surface area (Å²) in [6.07, 6.45) is 7.09. The van der Waals surface area contributed by atoms with E-state index in [1.165, 1.54) is 12.0 Å². The summed E-state index contributed by atoms with van der Waals surface area (Å²) in [6.45, 7) is 0. The van der Waals surface area contributed by atoms with Gasteiger partial charge in [0.05, 0.1) is 11.2 Å². The van der Waals surface area contributed by atoms with Crippen LogP contribution >= 0.6 is 0 Å². The summed E-state index contributed by atoms with van der Waals surface area (Å²) in [6, 6.07) is 0. The van der Waals surface area contributed by atoms with Crippen molar-refractivity contribution >= 4 is 12.4 Å². The lowest BCUT2D eigenvalue weighted by molar-refractivity contribution is 0.314. The average Bonchev–Trinajstić information content (AvgIpc) is 2.41. The number of hydrogen-bond acceptors (Lipinski definition) is 4. The smallest absolute Gasteiger partial charge is 0.171 e. The minimum Gasteiger partial charge on any atom is -0.350 e. The summed E-state index contributed by atoms with van der Waals surface area (Å²) in [5.74, 6) is 0. The van der Waals surface area contributed by atoms with Gasteiger partial charge < -0.3 is 5.32 Å². The molecule has 0 aromatic heterocycles. The molecule has 3 N–H and O–H groups in total. The van der Waals surface area contributed by atoms with Gasteiger partial charge in [0.25, 0.3) is 0 Å². The largest absolute Gasteiger partial charge is 0.350 e. The average molecular weight is 176 g/mol. The fraction of sp³-hybridized carbons (Fsp3) is 0.556. The van der Waals surface area contributed by atoms with Crippen LogP contribution in [0, 0.1) is 0 Å². The van der Waals surface area contributed by atoms with Crippen LogP contribution < -0.4 is 11.1 Å². The van der Waals surface area contributed by atoms with Crippen molar-refractivity contribution in [2.24, 2.45) is 15.7 Å². The maximum absolute atomic E-state index is 5.63.